The standard InChI is InChI=1S/C2N2.CH2O3.2H3N/c3-1-2-4;2-1(3)4;;/h;(H2,2,3,4);2*1H3. The van der Waals surface area contributed by atoms with Crippen molar-refractivity contribution < 1.29 is 15.0 Å². The third-order valence-electron chi connectivity index (χ3n) is 0.0500. The van der Waals surface area contributed by atoms with Gasteiger partial charge in [-0.1, -0.05) is 0 Å². The van der Waals surface area contributed by atoms with Crippen molar-refractivity contribution in [3.05, 3.63) is 0 Å². The third-order valence-corrected chi connectivity index (χ3v) is 0.0500. The average molecular weight is 148 g/mol. The van der Waals surface area contributed by atoms with Gasteiger partial charge < -0.3 is 22.5 Å². The van der Waals surface area contributed by atoms with Gasteiger partial charge in [0, 0.05) is 0 Å². The lowest BCUT2D eigenvalue weighted by Crippen LogP contribution is -1.81. The molecule has 0 radical (unpaired) electrons. The molecule has 0 aliphatic carbocycles. The third kappa shape index (κ3) is 239. The monoisotopic (exact) mass is 148 g/mol. The van der Waals surface area contributed by atoms with Gasteiger partial charge in [-0.15, -0.1) is 0 Å². The molecule has 0 aliphatic rings. The topological polar surface area (TPSA) is 175 Å². The molecule has 7 nitrogen and oxygen atoms in total. The molecule has 0 saturated carbocycles. The van der Waals surface area contributed by atoms with E-state index in [0.29, 0.717) is 0 Å². The minimum absolute atomic E-state index is 0. The van der Waals surface area contributed by atoms with Crippen LogP contribution >= 0.6 is 0 Å². The fourth-order valence-corrected chi connectivity index (χ4v) is 0. The number of hydrogen-bond donors (Lipinski definition) is 4. The highest BCUT2D eigenvalue weighted by atomic mass is 16.6. The minimum Gasteiger partial charge on any atom is -0.450 e. The molecule has 0 aromatic carbocycles. The van der Waals surface area contributed by atoms with Gasteiger partial charge in [-0.05, 0) is 0 Å². The Balaban J connectivity index is -0.0000000300. The number of rotatable bonds is 0. The Kier molecular flexibility index (Phi) is 65.6. The fraction of sp³-hybridized carbons (Fsp3) is 0. The van der Waals surface area contributed by atoms with Gasteiger partial charge >= 0.3 is 6.16 Å². The van der Waals surface area contributed by atoms with Crippen molar-refractivity contribution in [3.8, 4) is 12.1 Å². The van der Waals surface area contributed by atoms with Crippen LogP contribution < -0.4 is 12.3 Å². The molecule has 0 rings (SSSR count). The van der Waals surface area contributed by atoms with Gasteiger partial charge in [0.1, 0.15) is 0 Å². The molecule has 8 N–H and O–H groups in total. The van der Waals surface area contributed by atoms with Crippen LogP contribution in [0.2, 0.25) is 0 Å². The Morgan fingerprint density at radius 3 is 1.20 bits per heavy atom. The van der Waals surface area contributed by atoms with Crippen LogP contribution in [-0.4, -0.2) is 16.4 Å². The summed E-state index contributed by atoms with van der Waals surface area (Å²) >= 11 is 0. The van der Waals surface area contributed by atoms with Crippen LogP contribution in [0.25, 0.3) is 0 Å². The zero-order valence-corrected chi connectivity index (χ0v) is 5.11. The highest BCUT2D eigenvalue weighted by Crippen LogP contribution is 1.42. The highest BCUT2D eigenvalue weighted by molar-refractivity contribution is 5.53. The molecule has 0 aromatic rings. The summed E-state index contributed by atoms with van der Waals surface area (Å²) in [6, 6.07) is 2.47. The van der Waals surface area contributed by atoms with Gasteiger partial charge in [0.2, 0.25) is 0 Å². The van der Waals surface area contributed by atoms with Crippen LogP contribution in [0, 0.1) is 22.7 Å². The zero-order valence-electron chi connectivity index (χ0n) is 5.11. The first kappa shape index (κ1) is 24.2. The van der Waals surface area contributed by atoms with E-state index in [1.165, 1.54) is 12.1 Å². The molecule has 0 saturated heterocycles. The number of hydrogen-bond acceptors (Lipinski definition) is 5. The molecule has 0 spiro atoms. The molecule has 7 heteroatoms. The van der Waals surface area contributed by atoms with Crippen molar-refractivity contribution in [1.29, 1.82) is 10.5 Å². The van der Waals surface area contributed by atoms with E-state index in [1.54, 1.807) is 0 Å². The van der Waals surface area contributed by atoms with Crippen molar-refractivity contribution >= 4 is 6.16 Å². The summed E-state index contributed by atoms with van der Waals surface area (Å²) < 4.78 is 0. The van der Waals surface area contributed by atoms with E-state index in [1.807, 2.05) is 0 Å². The average Bonchev–Trinajstić information content (AvgIpc) is 1.65. The fourth-order valence-electron chi connectivity index (χ4n) is 0. The van der Waals surface area contributed by atoms with E-state index in [0.717, 1.165) is 0 Å². The maximum atomic E-state index is 8.56. The molecule has 0 aromatic heterocycles. The summed E-state index contributed by atoms with van der Waals surface area (Å²) in [4.78, 5) is 8.56. The second kappa shape index (κ2) is 27.2. The Labute approximate surface area is 57.3 Å². The molecule has 0 aliphatic heterocycles. The Hall–Kier alpha value is -1.83. The van der Waals surface area contributed by atoms with Gasteiger partial charge in [-0.2, -0.15) is 10.5 Å². The lowest BCUT2D eigenvalue weighted by molar-refractivity contribution is 0.137. The van der Waals surface area contributed by atoms with Gasteiger partial charge in [0.25, 0.3) is 0 Å². The first-order valence-electron chi connectivity index (χ1n) is 1.35. The van der Waals surface area contributed by atoms with Gasteiger partial charge in [0.15, 0.2) is 12.1 Å². The maximum absolute atomic E-state index is 8.56. The lowest BCUT2D eigenvalue weighted by Gasteiger charge is -1.60. The Morgan fingerprint density at radius 1 is 1.10 bits per heavy atom. The molecule has 0 heterocycles. The van der Waals surface area contributed by atoms with Crippen molar-refractivity contribution in [1.82, 2.24) is 12.3 Å². The van der Waals surface area contributed by atoms with Crippen molar-refractivity contribution in [2.45, 2.75) is 0 Å². The number of carbonyl (C=O) groups is 1. The second-order valence-corrected chi connectivity index (χ2v) is 0.506. The van der Waals surface area contributed by atoms with Crippen LogP contribution in [0.4, 0.5) is 4.79 Å². The van der Waals surface area contributed by atoms with Crippen LogP contribution in [0.5, 0.6) is 0 Å². The van der Waals surface area contributed by atoms with Gasteiger partial charge in [-0.25, -0.2) is 4.79 Å². The molecule has 0 unspecified atom stereocenters. The van der Waals surface area contributed by atoms with E-state index in [4.69, 9.17) is 25.5 Å². The van der Waals surface area contributed by atoms with Crippen LogP contribution in [0.15, 0.2) is 0 Å². The predicted molar refractivity (Wildman–Crippen MR) is 31.9 cm³/mol. The van der Waals surface area contributed by atoms with E-state index in [2.05, 4.69) is 0 Å². The van der Waals surface area contributed by atoms with Crippen molar-refractivity contribution in [3.63, 3.8) is 0 Å². The summed E-state index contributed by atoms with van der Waals surface area (Å²) in [6.45, 7) is 0. The van der Waals surface area contributed by atoms with Gasteiger partial charge in [0.05, 0.1) is 0 Å². The first-order valence-corrected chi connectivity index (χ1v) is 1.35. The smallest absolute Gasteiger partial charge is 0.450 e. The van der Waals surface area contributed by atoms with E-state index in [-0.39, 0.29) is 12.3 Å². The quantitative estimate of drug-likeness (QED) is 0.388. The molecule has 58 valence electrons. The largest absolute Gasteiger partial charge is 0.503 e. The molecule has 0 bridgehead atoms. The number of nitriles is 2. The molecule has 0 amide bonds. The van der Waals surface area contributed by atoms with E-state index < -0.39 is 6.16 Å². The van der Waals surface area contributed by atoms with E-state index >= 15 is 0 Å². The van der Waals surface area contributed by atoms with Crippen LogP contribution in [0.3, 0.4) is 0 Å². The van der Waals surface area contributed by atoms with Crippen molar-refractivity contribution in [2.24, 2.45) is 0 Å². The van der Waals surface area contributed by atoms with Crippen molar-refractivity contribution in [2.75, 3.05) is 0 Å². The minimum atomic E-state index is -1.83. The zero-order chi connectivity index (χ0) is 6.99. The summed E-state index contributed by atoms with van der Waals surface area (Å²) in [5.74, 6) is 0. The highest BCUT2D eigenvalue weighted by Gasteiger charge is 1.70. The lowest BCUT2D eigenvalue weighted by atomic mass is 10.9. The summed E-state index contributed by atoms with van der Waals surface area (Å²) in [7, 11) is 0. The normalized spacial score (nSPS) is 3.40. The number of nitrogens with zero attached hydrogens (tertiary/aromatic N) is 2. The maximum Gasteiger partial charge on any atom is 0.503 e. The predicted octanol–water partition coefficient (Wildman–Crippen LogP) is 0.580. The molecule has 0 atom stereocenters. The Morgan fingerprint density at radius 2 is 1.20 bits per heavy atom. The second-order valence-electron chi connectivity index (χ2n) is 0.506. The summed E-state index contributed by atoms with van der Waals surface area (Å²) in [6.07, 6.45) is -1.83. The molecular weight excluding hydrogens is 140 g/mol. The molecule has 0 fully saturated rings. The van der Waals surface area contributed by atoms with Gasteiger partial charge in [-0.3, -0.25) is 0 Å². The number of carboxylic acid groups (broad SMARTS) is 2. The molecular formula is C3H8N4O3. The van der Waals surface area contributed by atoms with Crippen LogP contribution in [-0.2, 0) is 0 Å². The Bertz CT molecular complexity index is 127. The summed E-state index contributed by atoms with van der Waals surface area (Å²) in [5.41, 5.74) is 0. The molecule has 10 heavy (non-hydrogen) atoms. The first-order chi connectivity index (χ1) is 3.65. The van der Waals surface area contributed by atoms with Crippen LogP contribution in [0.1, 0.15) is 0 Å². The SMILES string of the molecule is N.N.N#CC#N.O=C(O)O. The summed E-state index contributed by atoms with van der Waals surface area (Å²) in [5, 5.41) is 28.5. The van der Waals surface area contributed by atoms with E-state index in [9.17, 15) is 0 Å².